The van der Waals surface area contributed by atoms with Gasteiger partial charge in [0.05, 0.1) is 4.88 Å². The number of thiophene rings is 1. The molecule has 7 heteroatoms. The summed E-state index contributed by atoms with van der Waals surface area (Å²) in [7, 11) is -3.61. The molecule has 0 bridgehead atoms. The third-order valence-electron chi connectivity index (χ3n) is 2.71. The van der Waals surface area contributed by atoms with Gasteiger partial charge in [0.25, 0.3) is 0 Å². The first-order valence-corrected chi connectivity index (χ1v) is 9.13. The lowest BCUT2D eigenvalue weighted by Crippen LogP contribution is -2.40. The molecule has 0 aliphatic carbocycles. The summed E-state index contributed by atoms with van der Waals surface area (Å²) in [4.78, 5) is 1.08. The Balaban J connectivity index is 2.57. The molecule has 2 rings (SSSR count). The minimum absolute atomic E-state index is 0.0994. The number of sulfonamides is 1. The van der Waals surface area contributed by atoms with Crippen molar-refractivity contribution < 1.29 is 8.42 Å². The molecule has 2 heterocycles. The van der Waals surface area contributed by atoms with Crippen LogP contribution in [0.4, 0.5) is 0 Å². The van der Waals surface area contributed by atoms with Crippen molar-refractivity contribution in [2.75, 3.05) is 0 Å². The predicted molar refractivity (Wildman–Crippen MR) is 86.0 cm³/mol. The molecule has 1 N–H and O–H groups in total. The van der Waals surface area contributed by atoms with Gasteiger partial charge in [-0.05, 0) is 46.1 Å². The quantitative estimate of drug-likeness (QED) is 0.937. The molecule has 0 amide bonds. The summed E-state index contributed by atoms with van der Waals surface area (Å²) in [6.45, 7) is 9.41. The van der Waals surface area contributed by atoms with Gasteiger partial charge in [0.2, 0.25) is 10.0 Å². The van der Waals surface area contributed by atoms with Gasteiger partial charge in [0.15, 0.2) is 0 Å². The van der Waals surface area contributed by atoms with Gasteiger partial charge in [-0.1, -0.05) is 6.07 Å². The summed E-state index contributed by atoms with van der Waals surface area (Å²) in [5, 5.41) is 6.37. The predicted octanol–water partition coefficient (Wildman–Crippen LogP) is 3.27. The van der Waals surface area contributed by atoms with E-state index in [1.165, 1.54) is 11.3 Å². The molecule has 0 saturated heterocycles. The van der Waals surface area contributed by atoms with Crippen LogP contribution in [0.2, 0.25) is 0 Å². The van der Waals surface area contributed by atoms with Crippen molar-refractivity contribution in [2.45, 2.75) is 51.1 Å². The first-order valence-electron chi connectivity index (χ1n) is 6.77. The fraction of sp³-hybridized carbons (Fsp3) is 0.500. The van der Waals surface area contributed by atoms with Crippen LogP contribution in [0.15, 0.2) is 28.6 Å². The van der Waals surface area contributed by atoms with Crippen LogP contribution in [-0.4, -0.2) is 23.7 Å². The molecule has 0 aliphatic rings. The van der Waals surface area contributed by atoms with Crippen molar-refractivity contribution in [1.29, 1.82) is 0 Å². The SMILES string of the molecule is CC(C)n1cc(S(=O)(=O)NC(C)(C)C)c(-c2cccs2)n1. The monoisotopic (exact) mass is 327 g/mol. The van der Waals surface area contributed by atoms with E-state index in [1.54, 1.807) is 10.9 Å². The lowest BCUT2D eigenvalue weighted by atomic mass is 10.1. The van der Waals surface area contributed by atoms with E-state index in [2.05, 4.69) is 9.82 Å². The number of nitrogens with zero attached hydrogens (tertiary/aromatic N) is 2. The second kappa shape index (κ2) is 5.55. The molecule has 0 saturated carbocycles. The second-order valence-corrected chi connectivity index (χ2v) is 8.85. The number of hydrogen-bond acceptors (Lipinski definition) is 4. The highest BCUT2D eigenvalue weighted by atomic mass is 32.2. The highest BCUT2D eigenvalue weighted by Crippen LogP contribution is 2.31. The lowest BCUT2D eigenvalue weighted by molar-refractivity contribution is 0.491. The van der Waals surface area contributed by atoms with Crippen molar-refractivity contribution in [2.24, 2.45) is 0 Å². The standard InChI is InChI=1S/C14H21N3O2S2/c1-10(2)17-9-12(21(18,19)16-14(3,4)5)13(15-17)11-7-6-8-20-11/h6-10,16H,1-5H3. The van der Waals surface area contributed by atoms with Crippen molar-refractivity contribution in [1.82, 2.24) is 14.5 Å². The molecular formula is C14H21N3O2S2. The zero-order valence-corrected chi connectivity index (χ0v) is 14.5. The smallest absolute Gasteiger partial charge is 0.244 e. The average Bonchev–Trinajstić information content (AvgIpc) is 2.95. The Morgan fingerprint density at radius 1 is 1.33 bits per heavy atom. The van der Waals surface area contributed by atoms with Crippen LogP contribution in [0.25, 0.3) is 10.6 Å². The molecule has 5 nitrogen and oxygen atoms in total. The van der Waals surface area contributed by atoms with Crippen LogP contribution < -0.4 is 4.72 Å². The Kier molecular flexibility index (Phi) is 4.28. The molecular weight excluding hydrogens is 306 g/mol. The van der Waals surface area contributed by atoms with E-state index < -0.39 is 15.6 Å². The van der Waals surface area contributed by atoms with Crippen molar-refractivity contribution in [3.8, 4) is 10.6 Å². The lowest BCUT2D eigenvalue weighted by Gasteiger charge is -2.20. The summed E-state index contributed by atoms with van der Waals surface area (Å²) in [6, 6.07) is 3.87. The molecule has 2 aromatic rings. The zero-order chi connectivity index (χ0) is 15.8. The van der Waals surface area contributed by atoms with Gasteiger partial charge < -0.3 is 0 Å². The van der Waals surface area contributed by atoms with Gasteiger partial charge >= 0.3 is 0 Å². The molecule has 0 aliphatic heterocycles. The van der Waals surface area contributed by atoms with Crippen molar-refractivity contribution >= 4 is 21.4 Å². The molecule has 0 aromatic carbocycles. The number of nitrogens with one attached hydrogen (secondary N) is 1. The maximum atomic E-state index is 12.6. The van der Waals surface area contributed by atoms with Crippen LogP contribution in [-0.2, 0) is 10.0 Å². The molecule has 0 unspecified atom stereocenters. The van der Waals surface area contributed by atoms with Gasteiger partial charge in [0.1, 0.15) is 10.6 Å². The van der Waals surface area contributed by atoms with Crippen LogP contribution in [0.3, 0.4) is 0 Å². The fourth-order valence-electron chi connectivity index (χ4n) is 1.88. The minimum atomic E-state index is -3.61. The molecule has 0 fully saturated rings. The summed E-state index contributed by atoms with van der Waals surface area (Å²) in [6.07, 6.45) is 1.60. The normalized spacial score (nSPS) is 13.0. The second-order valence-electron chi connectivity index (χ2n) is 6.25. The van der Waals surface area contributed by atoms with Crippen molar-refractivity contribution in [3.63, 3.8) is 0 Å². The number of aromatic nitrogens is 2. The summed E-state index contributed by atoms with van der Waals surface area (Å²) in [5.74, 6) is 0. The largest absolute Gasteiger partial charge is 0.268 e. The van der Waals surface area contributed by atoms with Crippen LogP contribution in [0.1, 0.15) is 40.7 Å². The van der Waals surface area contributed by atoms with E-state index in [4.69, 9.17) is 0 Å². The van der Waals surface area contributed by atoms with Gasteiger partial charge in [-0.3, -0.25) is 4.68 Å². The third kappa shape index (κ3) is 3.72. The topological polar surface area (TPSA) is 64.0 Å². The fourth-order valence-corrected chi connectivity index (χ4v) is 4.23. The van der Waals surface area contributed by atoms with Crippen LogP contribution >= 0.6 is 11.3 Å². The van der Waals surface area contributed by atoms with Crippen molar-refractivity contribution in [3.05, 3.63) is 23.7 Å². The Morgan fingerprint density at radius 3 is 2.48 bits per heavy atom. The summed E-state index contributed by atoms with van der Waals surface area (Å²) >= 11 is 1.48. The molecule has 0 atom stereocenters. The van der Waals surface area contributed by atoms with Gasteiger partial charge in [0, 0.05) is 17.8 Å². The van der Waals surface area contributed by atoms with Gasteiger partial charge in [-0.2, -0.15) is 5.10 Å². The maximum absolute atomic E-state index is 12.6. The van der Waals surface area contributed by atoms with E-state index in [0.29, 0.717) is 5.69 Å². The van der Waals surface area contributed by atoms with Crippen LogP contribution in [0, 0.1) is 0 Å². The molecule has 2 aromatic heterocycles. The number of rotatable bonds is 4. The maximum Gasteiger partial charge on any atom is 0.244 e. The minimum Gasteiger partial charge on any atom is -0.268 e. The van der Waals surface area contributed by atoms with Gasteiger partial charge in [-0.25, -0.2) is 13.1 Å². The number of hydrogen-bond donors (Lipinski definition) is 1. The van der Waals surface area contributed by atoms with Gasteiger partial charge in [-0.15, -0.1) is 11.3 Å². The highest BCUT2D eigenvalue weighted by Gasteiger charge is 2.28. The molecule has 0 spiro atoms. The summed E-state index contributed by atoms with van der Waals surface area (Å²) < 4.78 is 29.7. The highest BCUT2D eigenvalue weighted by molar-refractivity contribution is 7.89. The van der Waals surface area contributed by atoms with E-state index in [9.17, 15) is 8.42 Å². The Morgan fingerprint density at radius 2 is 2.00 bits per heavy atom. The third-order valence-corrected chi connectivity index (χ3v) is 5.35. The summed E-state index contributed by atoms with van der Waals surface area (Å²) in [5.41, 5.74) is -0.0266. The van der Waals surface area contributed by atoms with E-state index >= 15 is 0 Å². The average molecular weight is 327 g/mol. The first-order chi connectivity index (χ1) is 9.60. The molecule has 21 heavy (non-hydrogen) atoms. The Bertz CT molecular complexity index is 708. The Labute approximate surface area is 130 Å². The van der Waals surface area contributed by atoms with Crippen LogP contribution in [0.5, 0.6) is 0 Å². The Hall–Kier alpha value is -1.18. The van der Waals surface area contributed by atoms with E-state index in [-0.39, 0.29) is 10.9 Å². The van der Waals surface area contributed by atoms with E-state index in [0.717, 1.165) is 4.88 Å². The molecule has 116 valence electrons. The first kappa shape index (κ1) is 16.2. The van der Waals surface area contributed by atoms with E-state index in [1.807, 2.05) is 52.1 Å². The zero-order valence-electron chi connectivity index (χ0n) is 12.9. The molecule has 0 radical (unpaired) electrons.